The van der Waals surface area contributed by atoms with E-state index in [1.54, 1.807) is 37.0 Å². The van der Waals surface area contributed by atoms with E-state index in [9.17, 15) is 9.59 Å². The lowest BCUT2D eigenvalue weighted by Gasteiger charge is -2.08. The molecule has 9 heteroatoms. The normalized spacial score (nSPS) is 11.4. The molecule has 2 aromatic carbocycles. The molecule has 30 heavy (non-hydrogen) atoms. The van der Waals surface area contributed by atoms with Crippen molar-refractivity contribution in [3.8, 4) is 0 Å². The minimum absolute atomic E-state index is 0.185. The van der Waals surface area contributed by atoms with Crippen molar-refractivity contribution in [2.75, 3.05) is 5.43 Å². The summed E-state index contributed by atoms with van der Waals surface area (Å²) in [5, 5.41) is 4.81. The Morgan fingerprint density at radius 1 is 1.03 bits per heavy atom. The first-order valence-corrected chi connectivity index (χ1v) is 9.58. The first-order chi connectivity index (χ1) is 14.5. The van der Waals surface area contributed by atoms with Crippen LogP contribution in [0, 0.1) is 0 Å². The van der Waals surface area contributed by atoms with Crippen molar-refractivity contribution in [1.82, 2.24) is 18.7 Å². The van der Waals surface area contributed by atoms with Crippen LogP contribution in [0.2, 0.25) is 5.02 Å². The molecule has 8 nitrogen and oxygen atoms in total. The van der Waals surface area contributed by atoms with E-state index in [0.717, 1.165) is 11.1 Å². The third-order valence-electron chi connectivity index (χ3n) is 4.79. The number of aryl methyl sites for hydroxylation is 2. The average molecular weight is 423 g/mol. The molecule has 0 saturated heterocycles. The summed E-state index contributed by atoms with van der Waals surface area (Å²) in [6.07, 6.45) is 1.61. The predicted molar refractivity (Wildman–Crippen MR) is 118 cm³/mol. The first kappa shape index (κ1) is 19.7. The molecule has 4 aromatic rings. The van der Waals surface area contributed by atoms with Gasteiger partial charge in [-0.1, -0.05) is 54.1 Å². The van der Waals surface area contributed by atoms with Crippen molar-refractivity contribution in [1.29, 1.82) is 0 Å². The van der Waals surface area contributed by atoms with E-state index in [1.807, 2.05) is 42.5 Å². The number of halogens is 1. The topological polar surface area (TPSA) is 86.2 Å². The summed E-state index contributed by atoms with van der Waals surface area (Å²) in [5.74, 6) is 0.347. The van der Waals surface area contributed by atoms with Gasteiger partial charge in [0.2, 0.25) is 5.95 Å². The van der Waals surface area contributed by atoms with Gasteiger partial charge in [-0.25, -0.2) is 10.2 Å². The highest BCUT2D eigenvalue weighted by Crippen LogP contribution is 2.14. The maximum Gasteiger partial charge on any atom is 0.332 e. The fourth-order valence-corrected chi connectivity index (χ4v) is 3.29. The van der Waals surface area contributed by atoms with Crippen LogP contribution in [-0.4, -0.2) is 24.9 Å². The van der Waals surface area contributed by atoms with Gasteiger partial charge in [0.05, 0.1) is 12.8 Å². The average Bonchev–Trinajstić information content (AvgIpc) is 3.08. The van der Waals surface area contributed by atoms with Crippen LogP contribution in [0.4, 0.5) is 5.95 Å². The van der Waals surface area contributed by atoms with Gasteiger partial charge in [-0.15, -0.1) is 0 Å². The highest BCUT2D eigenvalue weighted by molar-refractivity contribution is 6.30. The summed E-state index contributed by atoms with van der Waals surface area (Å²) in [7, 11) is 3.30. The van der Waals surface area contributed by atoms with Gasteiger partial charge in [-0.2, -0.15) is 10.1 Å². The molecule has 152 valence electrons. The third-order valence-corrected chi connectivity index (χ3v) is 5.04. The zero-order valence-corrected chi connectivity index (χ0v) is 17.2. The second kappa shape index (κ2) is 8.00. The molecule has 2 heterocycles. The number of aromatic nitrogens is 4. The zero-order chi connectivity index (χ0) is 21.3. The van der Waals surface area contributed by atoms with Crippen LogP contribution in [0.15, 0.2) is 69.3 Å². The molecule has 0 amide bonds. The van der Waals surface area contributed by atoms with Crippen LogP contribution in [-0.2, 0) is 20.6 Å². The molecular weight excluding hydrogens is 404 g/mol. The maximum absolute atomic E-state index is 13.1. The molecule has 0 radical (unpaired) electrons. The summed E-state index contributed by atoms with van der Waals surface area (Å²) in [6.45, 7) is 0.185. The summed E-state index contributed by atoms with van der Waals surface area (Å²) < 4.78 is 4.17. The van der Waals surface area contributed by atoms with Crippen LogP contribution >= 0.6 is 11.6 Å². The minimum atomic E-state index is -0.425. The van der Waals surface area contributed by atoms with Gasteiger partial charge in [-0.05, 0) is 23.3 Å². The van der Waals surface area contributed by atoms with E-state index >= 15 is 0 Å². The number of imidazole rings is 1. The number of hydrogen-bond acceptors (Lipinski definition) is 5. The van der Waals surface area contributed by atoms with E-state index in [0.29, 0.717) is 22.1 Å². The lowest BCUT2D eigenvalue weighted by molar-refractivity contribution is 0.655. The molecule has 2 aromatic heterocycles. The van der Waals surface area contributed by atoms with E-state index in [2.05, 4.69) is 15.5 Å². The van der Waals surface area contributed by atoms with Gasteiger partial charge in [0, 0.05) is 19.1 Å². The van der Waals surface area contributed by atoms with Crippen molar-refractivity contribution in [3.63, 3.8) is 0 Å². The minimum Gasteiger partial charge on any atom is -0.306 e. The van der Waals surface area contributed by atoms with E-state index < -0.39 is 11.2 Å². The number of rotatable bonds is 5. The zero-order valence-electron chi connectivity index (χ0n) is 16.4. The van der Waals surface area contributed by atoms with Crippen molar-refractivity contribution in [3.05, 3.63) is 91.6 Å². The molecule has 0 spiro atoms. The fraction of sp³-hybridized carbons (Fsp3) is 0.143. The Bertz CT molecular complexity index is 1350. The van der Waals surface area contributed by atoms with Crippen LogP contribution in [0.5, 0.6) is 0 Å². The number of fused-ring (bicyclic) bond motifs is 1. The SMILES string of the molecule is Cn1c(NN=Cc2ccc(Cl)cc2)nc2c1c(=O)n(Cc1ccccc1)c(=O)n2C. The third kappa shape index (κ3) is 3.65. The Balaban J connectivity index is 1.72. The lowest BCUT2D eigenvalue weighted by Crippen LogP contribution is -2.39. The van der Waals surface area contributed by atoms with Gasteiger partial charge >= 0.3 is 5.69 Å². The van der Waals surface area contributed by atoms with Crippen LogP contribution in [0.1, 0.15) is 11.1 Å². The Morgan fingerprint density at radius 3 is 2.43 bits per heavy atom. The van der Waals surface area contributed by atoms with Crippen molar-refractivity contribution >= 4 is 34.9 Å². The molecule has 0 bridgehead atoms. The van der Waals surface area contributed by atoms with Gasteiger partial charge in [-0.3, -0.25) is 13.9 Å². The molecule has 0 aliphatic heterocycles. The number of benzene rings is 2. The highest BCUT2D eigenvalue weighted by atomic mass is 35.5. The standard InChI is InChI=1S/C21H19ClN6O2/c1-26-17-18(24-20(26)25-23-12-14-8-10-16(22)11-9-14)27(2)21(30)28(19(17)29)13-15-6-4-3-5-7-15/h3-12H,13H2,1-2H3,(H,24,25). The van der Waals surface area contributed by atoms with Crippen molar-refractivity contribution < 1.29 is 0 Å². The first-order valence-electron chi connectivity index (χ1n) is 9.20. The van der Waals surface area contributed by atoms with Crippen LogP contribution in [0.25, 0.3) is 11.2 Å². The Morgan fingerprint density at radius 2 is 1.73 bits per heavy atom. The second-order valence-electron chi connectivity index (χ2n) is 6.81. The van der Waals surface area contributed by atoms with Gasteiger partial charge in [0.15, 0.2) is 11.2 Å². The number of hydrazone groups is 1. The van der Waals surface area contributed by atoms with Gasteiger partial charge < -0.3 is 4.57 Å². The van der Waals surface area contributed by atoms with Crippen molar-refractivity contribution in [2.24, 2.45) is 19.2 Å². The molecule has 1 N–H and O–H groups in total. The molecule has 0 aliphatic rings. The predicted octanol–water partition coefficient (Wildman–Crippen LogP) is 2.58. The summed E-state index contributed by atoms with van der Waals surface area (Å²) in [6, 6.07) is 16.6. The molecule has 0 atom stereocenters. The smallest absolute Gasteiger partial charge is 0.306 e. The summed E-state index contributed by atoms with van der Waals surface area (Å²) in [4.78, 5) is 30.2. The second-order valence-corrected chi connectivity index (χ2v) is 7.24. The number of anilines is 1. The van der Waals surface area contributed by atoms with Crippen molar-refractivity contribution in [2.45, 2.75) is 6.54 Å². The summed E-state index contributed by atoms with van der Waals surface area (Å²) in [5.41, 5.74) is 4.33. The monoisotopic (exact) mass is 422 g/mol. The van der Waals surface area contributed by atoms with E-state index in [4.69, 9.17) is 11.6 Å². The molecule has 0 aliphatic carbocycles. The Kier molecular flexibility index (Phi) is 5.24. The summed E-state index contributed by atoms with van der Waals surface area (Å²) >= 11 is 5.88. The number of hydrogen-bond donors (Lipinski definition) is 1. The largest absolute Gasteiger partial charge is 0.332 e. The van der Waals surface area contributed by atoms with E-state index in [1.165, 1.54) is 9.13 Å². The number of nitrogens with one attached hydrogen (secondary N) is 1. The maximum atomic E-state index is 13.1. The van der Waals surface area contributed by atoms with Crippen LogP contribution < -0.4 is 16.7 Å². The highest BCUT2D eigenvalue weighted by Gasteiger charge is 2.18. The number of nitrogens with zero attached hydrogens (tertiary/aromatic N) is 5. The van der Waals surface area contributed by atoms with Crippen LogP contribution in [0.3, 0.4) is 0 Å². The molecule has 4 rings (SSSR count). The quantitative estimate of drug-likeness (QED) is 0.395. The molecule has 0 saturated carbocycles. The molecule has 0 unspecified atom stereocenters. The van der Waals surface area contributed by atoms with E-state index in [-0.39, 0.29) is 6.54 Å². The fourth-order valence-electron chi connectivity index (χ4n) is 3.16. The Labute approximate surface area is 176 Å². The Hall–Kier alpha value is -3.65. The lowest BCUT2D eigenvalue weighted by atomic mass is 10.2. The molecule has 0 fully saturated rings. The molecular formula is C21H19ClN6O2. The van der Waals surface area contributed by atoms with Gasteiger partial charge in [0.25, 0.3) is 5.56 Å². The van der Waals surface area contributed by atoms with Gasteiger partial charge in [0.1, 0.15) is 0 Å².